The molecule has 0 unspecified atom stereocenters. The first-order chi connectivity index (χ1) is 14.6. The molecule has 0 saturated heterocycles. The van der Waals surface area contributed by atoms with Crippen LogP contribution in [0.25, 0.3) is 16.9 Å². The Bertz CT molecular complexity index is 1150. The minimum atomic E-state index is -0.462. The van der Waals surface area contributed by atoms with Crippen molar-refractivity contribution in [3.05, 3.63) is 82.8 Å². The largest absolute Gasteiger partial charge is 0.273 e. The SMILES string of the molecule is O=C(Cc1cn(-c2ccccc2)nc1-c1ccc([N+](=O)[O-])cc1)NNc1ncn[nH]1. The Kier molecular flexibility index (Phi) is 5.16. The first kappa shape index (κ1) is 18.8. The van der Waals surface area contributed by atoms with E-state index in [2.05, 4.69) is 31.1 Å². The number of benzene rings is 2. The second-order valence-electron chi connectivity index (χ2n) is 6.27. The van der Waals surface area contributed by atoms with Gasteiger partial charge in [-0.2, -0.15) is 15.2 Å². The van der Waals surface area contributed by atoms with E-state index in [1.807, 2.05) is 30.3 Å². The van der Waals surface area contributed by atoms with E-state index in [1.54, 1.807) is 23.0 Å². The van der Waals surface area contributed by atoms with Crippen LogP contribution in [0.2, 0.25) is 0 Å². The van der Waals surface area contributed by atoms with Gasteiger partial charge in [-0.05, 0) is 24.3 Å². The highest BCUT2D eigenvalue weighted by Gasteiger charge is 2.17. The maximum atomic E-state index is 12.4. The van der Waals surface area contributed by atoms with E-state index in [9.17, 15) is 14.9 Å². The smallest absolute Gasteiger partial charge is 0.269 e. The summed E-state index contributed by atoms with van der Waals surface area (Å²) >= 11 is 0. The van der Waals surface area contributed by atoms with Crippen molar-refractivity contribution in [2.75, 3.05) is 5.43 Å². The molecule has 0 aliphatic heterocycles. The number of H-pyrrole nitrogens is 1. The minimum absolute atomic E-state index is 0.0169. The molecule has 4 aromatic rings. The monoisotopic (exact) mass is 404 g/mol. The lowest BCUT2D eigenvalue weighted by atomic mass is 10.1. The Labute approximate surface area is 169 Å². The van der Waals surface area contributed by atoms with Gasteiger partial charge in [-0.15, -0.1) is 0 Å². The number of nitrogens with one attached hydrogen (secondary N) is 3. The lowest BCUT2D eigenvalue weighted by Gasteiger charge is -2.05. The molecule has 11 heteroatoms. The maximum Gasteiger partial charge on any atom is 0.269 e. The Morgan fingerprint density at radius 2 is 1.90 bits per heavy atom. The van der Waals surface area contributed by atoms with Crippen molar-refractivity contribution in [3.63, 3.8) is 0 Å². The first-order valence-corrected chi connectivity index (χ1v) is 8.89. The molecule has 0 aliphatic carbocycles. The van der Waals surface area contributed by atoms with Gasteiger partial charge < -0.3 is 0 Å². The van der Waals surface area contributed by atoms with Crippen LogP contribution in [-0.4, -0.2) is 35.8 Å². The lowest BCUT2D eigenvalue weighted by molar-refractivity contribution is -0.384. The maximum absolute atomic E-state index is 12.4. The van der Waals surface area contributed by atoms with Gasteiger partial charge in [-0.25, -0.2) is 9.78 Å². The molecule has 0 radical (unpaired) electrons. The number of nitrogens with zero attached hydrogens (tertiary/aromatic N) is 5. The number of non-ortho nitro benzene ring substituents is 1. The van der Waals surface area contributed by atoms with E-state index < -0.39 is 4.92 Å². The predicted molar refractivity (Wildman–Crippen MR) is 108 cm³/mol. The molecule has 0 bridgehead atoms. The molecule has 30 heavy (non-hydrogen) atoms. The fourth-order valence-corrected chi connectivity index (χ4v) is 2.85. The number of hydrogen-bond donors (Lipinski definition) is 3. The number of para-hydroxylation sites is 1. The summed E-state index contributed by atoms with van der Waals surface area (Å²) in [5, 5.41) is 21.8. The topological polar surface area (TPSA) is 144 Å². The number of hydrogen-bond acceptors (Lipinski definition) is 7. The second kappa shape index (κ2) is 8.22. The van der Waals surface area contributed by atoms with Gasteiger partial charge in [0, 0.05) is 29.5 Å². The zero-order valence-corrected chi connectivity index (χ0v) is 15.5. The molecule has 0 spiro atoms. The van der Waals surface area contributed by atoms with Crippen molar-refractivity contribution < 1.29 is 9.72 Å². The van der Waals surface area contributed by atoms with Crippen LogP contribution in [-0.2, 0) is 11.2 Å². The number of carbonyl (C=O) groups is 1. The summed E-state index contributed by atoms with van der Waals surface area (Å²) in [5.74, 6) is -0.0129. The fourth-order valence-electron chi connectivity index (χ4n) is 2.85. The van der Waals surface area contributed by atoms with Gasteiger partial charge in [0.1, 0.15) is 6.33 Å². The number of rotatable bonds is 7. The number of hydrazine groups is 1. The Balaban J connectivity index is 1.62. The van der Waals surface area contributed by atoms with Crippen LogP contribution in [0, 0.1) is 10.1 Å². The standard InChI is InChI=1S/C19H16N8O3/c28-17(22-24-19-20-12-21-23-19)10-14-11-26(15-4-2-1-3-5-15)25-18(14)13-6-8-16(9-7-13)27(29)30/h1-9,11-12H,10H2,(H,22,28)(H2,20,21,23,24). The lowest BCUT2D eigenvalue weighted by Crippen LogP contribution is -2.31. The van der Waals surface area contributed by atoms with E-state index in [0.717, 1.165) is 5.69 Å². The average molecular weight is 404 g/mol. The fraction of sp³-hybridized carbons (Fsp3) is 0.0526. The molecule has 4 rings (SSSR count). The summed E-state index contributed by atoms with van der Waals surface area (Å²) in [6, 6.07) is 15.5. The molecule has 0 aliphatic rings. The third-order valence-electron chi connectivity index (χ3n) is 4.25. The molecule has 2 heterocycles. The van der Waals surface area contributed by atoms with Crippen molar-refractivity contribution in [3.8, 4) is 16.9 Å². The third kappa shape index (κ3) is 4.14. The predicted octanol–water partition coefficient (Wildman–Crippen LogP) is 2.25. The molecule has 0 fully saturated rings. The molecule has 2 aromatic carbocycles. The van der Waals surface area contributed by atoms with Crippen molar-refractivity contribution in [1.29, 1.82) is 0 Å². The second-order valence-corrected chi connectivity index (χ2v) is 6.27. The minimum Gasteiger partial charge on any atom is -0.273 e. The summed E-state index contributed by atoms with van der Waals surface area (Å²) in [5.41, 5.74) is 7.86. The molecule has 0 atom stereocenters. The Morgan fingerprint density at radius 1 is 1.13 bits per heavy atom. The van der Waals surface area contributed by atoms with Crippen LogP contribution in [0.1, 0.15) is 5.56 Å². The number of nitro benzene ring substituents is 1. The van der Waals surface area contributed by atoms with Gasteiger partial charge in [-0.3, -0.25) is 25.8 Å². The molecule has 1 amide bonds. The van der Waals surface area contributed by atoms with Crippen molar-refractivity contribution >= 4 is 17.5 Å². The van der Waals surface area contributed by atoms with Gasteiger partial charge in [0.05, 0.1) is 22.7 Å². The highest BCUT2D eigenvalue weighted by atomic mass is 16.6. The van der Waals surface area contributed by atoms with Crippen molar-refractivity contribution in [2.24, 2.45) is 0 Å². The van der Waals surface area contributed by atoms with E-state index in [-0.39, 0.29) is 18.0 Å². The molecule has 150 valence electrons. The van der Waals surface area contributed by atoms with Crippen LogP contribution >= 0.6 is 0 Å². The zero-order valence-electron chi connectivity index (χ0n) is 15.5. The summed E-state index contributed by atoms with van der Waals surface area (Å²) < 4.78 is 1.67. The number of nitro groups is 1. The summed E-state index contributed by atoms with van der Waals surface area (Å²) in [4.78, 5) is 26.8. The summed E-state index contributed by atoms with van der Waals surface area (Å²) in [6.07, 6.45) is 3.10. The number of carbonyl (C=O) groups excluding carboxylic acids is 1. The molecule has 11 nitrogen and oxygen atoms in total. The van der Waals surface area contributed by atoms with Crippen molar-refractivity contribution in [1.82, 2.24) is 30.4 Å². The van der Waals surface area contributed by atoms with Gasteiger partial charge in [0.25, 0.3) is 5.69 Å². The summed E-state index contributed by atoms with van der Waals surface area (Å²) in [7, 11) is 0. The van der Waals surface area contributed by atoms with Crippen molar-refractivity contribution in [2.45, 2.75) is 6.42 Å². The van der Waals surface area contributed by atoms with E-state index in [1.165, 1.54) is 18.5 Å². The third-order valence-corrected chi connectivity index (χ3v) is 4.25. The number of aromatic nitrogens is 5. The normalized spacial score (nSPS) is 10.5. The Morgan fingerprint density at radius 3 is 2.57 bits per heavy atom. The zero-order chi connectivity index (χ0) is 20.9. The van der Waals surface area contributed by atoms with Crippen LogP contribution in [0.15, 0.2) is 67.1 Å². The number of amides is 1. The molecule has 2 aromatic heterocycles. The van der Waals surface area contributed by atoms with Gasteiger partial charge in [-0.1, -0.05) is 18.2 Å². The molecular formula is C19H16N8O3. The Hall–Kier alpha value is -4.54. The van der Waals surface area contributed by atoms with E-state index >= 15 is 0 Å². The van der Waals surface area contributed by atoms with Gasteiger partial charge in [0.2, 0.25) is 11.9 Å². The number of aromatic amines is 1. The van der Waals surface area contributed by atoms with Gasteiger partial charge in [0.15, 0.2) is 0 Å². The van der Waals surface area contributed by atoms with E-state index in [4.69, 9.17) is 0 Å². The summed E-state index contributed by atoms with van der Waals surface area (Å²) in [6.45, 7) is 0. The average Bonchev–Trinajstić information content (AvgIpc) is 3.43. The van der Waals surface area contributed by atoms with Crippen LogP contribution in [0.4, 0.5) is 11.6 Å². The van der Waals surface area contributed by atoms with Crippen LogP contribution in [0.3, 0.4) is 0 Å². The first-order valence-electron chi connectivity index (χ1n) is 8.89. The van der Waals surface area contributed by atoms with E-state index in [0.29, 0.717) is 22.8 Å². The van der Waals surface area contributed by atoms with Crippen LogP contribution in [0.5, 0.6) is 0 Å². The van der Waals surface area contributed by atoms with Gasteiger partial charge >= 0.3 is 0 Å². The number of anilines is 1. The quantitative estimate of drug-likeness (QED) is 0.316. The highest BCUT2D eigenvalue weighted by molar-refractivity contribution is 5.82. The molecule has 0 saturated carbocycles. The highest BCUT2D eigenvalue weighted by Crippen LogP contribution is 2.26. The molecule has 3 N–H and O–H groups in total. The molecular weight excluding hydrogens is 388 g/mol. The van der Waals surface area contributed by atoms with Crippen LogP contribution < -0.4 is 10.9 Å².